The number of aromatic amines is 1. The fourth-order valence-electron chi connectivity index (χ4n) is 1.94. The monoisotopic (exact) mass is 263 g/mol. The Hall–Kier alpha value is -2.04. The Kier molecular flexibility index (Phi) is 4.04. The number of ether oxygens (including phenoxy) is 1. The van der Waals surface area contributed by atoms with E-state index in [2.05, 4.69) is 15.5 Å². The third-order valence-electron chi connectivity index (χ3n) is 2.98. The zero-order chi connectivity index (χ0) is 13.8. The third-order valence-corrected chi connectivity index (χ3v) is 2.98. The minimum Gasteiger partial charge on any atom is -0.492 e. The van der Waals surface area contributed by atoms with E-state index in [4.69, 9.17) is 4.74 Å². The van der Waals surface area contributed by atoms with Crippen LogP contribution in [0.1, 0.15) is 23.9 Å². The molecule has 4 nitrogen and oxygen atoms in total. The smallest absolute Gasteiger partial charge is 0.145 e. The standard InChI is InChI=1S/C14H18FN3O/c1-4-19-14-7-11(15)5-6-13(14)16-8-12-9(2)17-18-10(12)3/h5-7,16H,4,8H2,1-3H3,(H,17,18). The number of aromatic nitrogens is 2. The lowest BCUT2D eigenvalue weighted by atomic mass is 10.2. The molecule has 0 fully saturated rings. The summed E-state index contributed by atoms with van der Waals surface area (Å²) in [7, 11) is 0. The molecule has 2 N–H and O–H groups in total. The van der Waals surface area contributed by atoms with E-state index in [1.165, 1.54) is 12.1 Å². The first-order valence-electron chi connectivity index (χ1n) is 6.28. The summed E-state index contributed by atoms with van der Waals surface area (Å²) in [4.78, 5) is 0. The highest BCUT2D eigenvalue weighted by Gasteiger charge is 2.09. The van der Waals surface area contributed by atoms with Crippen LogP contribution in [-0.2, 0) is 6.54 Å². The number of benzene rings is 1. The number of rotatable bonds is 5. The molecule has 0 aliphatic rings. The number of nitrogens with one attached hydrogen (secondary N) is 2. The van der Waals surface area contributed by atoms with Crippen molar-refractivity contribution in [3.8, 4) is 5.75 Å². The van der Waals surface area contributed by atoms with Gasteiger partial charge < -0.3 is 10.1 Å². The molecule has 1 heterocycles. The van der Waals surface area contributed by atoms with Gasteiger partial charge in [-0.05, 0) is 32.9 Å². The van der Waals surface area contributed by atoms with Crippen LogP contribution in [0.4, 0.5) is 10.1 Å². The van der Waals surface area contributed by atoms with Gasteiger partial charge in [-0.15, -0.1) is 0 Å². The zero-order valence-corrected chi connectivity index (χ0v) is 11.4. The van der Waals surface area contributed by atoms with Gasteiger partial charge in [0.2, 0.25) is 0 Å². The molecule has 0 bridgehead atoms. The Morgan fingerprint density at radius 3 is 2.79 bits per heavy atom. The van der Waals surface area contributed by atoms with Crippen LogP contribution in [0.15, 0.2) is 18.2 Å². The van der Waals surface area contributed by atoms with Gasteiger partial charge in [0, 0.05) is 23.9 Å². The first kappa shape index (κ1) is 13.4. The van der Waals surface area contributed by atoms with Gasteiger partial charge in [-0.3, -0.25) is 5.10 Å². The molecule has 2 rings (SSSR count). The fourth-order valence-corrected chi connectivity index (χ4v) is 1.94. The minimum absolute atomic E-state index is 0.301. The molecule has 0 amide bonds. The Bertz CT molecular complexity index is 546. The van der Waals surface area contributed by atoms with Crippen LogP contribution >= 0.6 is 0 Å². The third kappa shape index (κ3) is 3.05. The summed E-state index contributed by atoms with van der Waals surface area (Å²) in [5.41, 5.74) is 3.89. The number of anilines is 1. The molecular formula is C14H18FN3O. The molecule has 0 saturated heterocycles. The average molecular weight is 263 g/mol. The molecule has 0 saturated carbocycles. The average Bonchev–Trinajstić information content (AvgIpc) is 2.69. The number of nitrogens with zero attached hydrogens (tertiary/aromatic N) is 1. The maximum absolute atomic E-state index is 13.2. The van der Waals surface area contributed by atoms with Gasteiger partial charge in [-0.1, -0.05) is 0 Å². The van der Waals surface area contributed by atoms with Crippen molar-refractivity contribution < 1.29 is 9.13 Å². The van der Waals surface area contributed by atoms with Crippen LogP contribution in [0.5, 0.6) is 5.75 Å². The lowest BCUT2D eigenvalue weighted by Gasteiger charge is -2.12. The van der Waals surface area contributed by atoms with E-state index in [1.54, 1.807) is 6.07 Å². The highest BCUT2D eigenvalue weighted by Crippen LogP contribution is 2.26. The quantitative estimate of drug-likeness (QED) is 0.871. The zero-order valence-electron chi connectivity index (χ0n) is 11.4. The van der Waals surface area contributed by atoms with Crippen molar-refractivity contribution in [1.29, 1.82) is 0 Å². The number of hydrogen-bond acceptors (Lipinski definition) is 3. The second-order valence-electron chi connectivity index (χ2n) is 4.34. The largest absolute Gasteiger partial charge is 0.492 e. The highest BCUT2D eigenvalue weighted by atomic mass is 19.1. The Morgan fingerprint density at radius 1 is 1.37 bits per heavy atom. The predicted molar refractivity (Wildman–Crippen MR) is 73.0 cm³/mol. The van der Waals surface area contributed by atoms with Crippen molar-refractivity contribution >= 4 is 5.69 Å². The van der Waals surface area contributed by atoms with Gasteiger partial charge in [0.15, 0.2) is 0 Å². The van der Waals surface area contributed by atoms with E-state index < -0.39 is 0 Å². The number of H-pyrrole nitrogens is 1. The first-order chi connectivity index (χ1) is 9.11. The molecule has 19 heavy (non-hydrogen) atoms. The SMILES string of the molecule is CCOc1cc(F)ccc1NCc1c(C)n[nH]c1C. The molecule has 0 aliphatic carbocycles. The highest BCUT2D eigenvalue weighted by molar-refractivity contribution is 5.56. The summed E-state index contributed by atoms with van der Waals surface area (Å²) in [5, 5.41) is 10.3. The van der Waals surface area contributed by atoms with Gasteiger partial charge >= 0.3 is 0 Å². The molecular weight excluding hydrogens is 245 g/mol. The molecule has 0 atom stereocenters. The molecule has 1 aromatic heterocycles. The minimum atomic E-state index is -0.301. The van der Waals surface area contributed by atoms with E-state index in [1.807, 2.05) is 20.8 Å². The molecule has 0 spiro atoms. The number of halogens is 1. The lowest BCUT2D eigenvalue weighted by Crippen LogP contribution is -2.04. The van der Waals surface area contributed by atoms with E-state index >= 15 is 0 Å². The van der Waals surface area contributed by atoms with E-state index in [0.717, 1.165) is 22.6 Å². The Morgan fingerprint density at radius 2 is 2.16 bits per heavy atom. The second-order valence-corrected chi connectivity index (χ2v) is 4.34. The van der Waals surface area contributed by atoms with E-state index in [9.17, 15) is 4.39 Å². The Balaban J connectivity index is 2.15. The molecule has 0 radical (unpaired) electrons. The van der Waals surface area contributed by atoms with Crippen molar-refractivity contribution in [2.24, 2.45) is 0 Å². The van der Waals surface area contributed by atoms with Crippen molar-refractivity contribution in [2.45, 2.75) is 27.3 Å². The molecule has 0 aliphatic heterocycles. The summed E-state index contributed by atoms with van der Waals surface area (Å²) in [6.45, 7) is 6.93. The Labute approximate surface area is 112 Å². The van der Waals surface area contributed by atoms with Crippen LogP contribution in [-0.4, -0.2) is 16.8 Å². The molecule has 1 aromatic carbocycles. The van der Waals surface area contributed by atoms with Crippen molar-refractivity contribution in [2.75, 3.05) is 11.9 Å². The van der Waals surface area contributed by atoms with Gasteiger partial charge in [-0.25, -0.2) is 4.39 Å². The van der Waals surface area contributed by atoms with Gasteiger partial charge in [0.1, 0.15) is 11.6 Å². The topological polar surface area (TPSA) is 49.9 Å². The van der Waals surface area contributed by atoms with Crippen molar-refractivity contribution in [3.05, 3.63) is 41.0 Å². The van der Waals surface area contributed by atoms with Gasteiger partial charge in [0.05, 0.1) is 18.0 Å². The van der Waals surface area contributed by atoms with Gasteiger partial charge in [0.25, 0.3) is 0 Å². The van der Waals surface area contributed by atoms with Crippen LogP contribution in [0.3, 0.4) is 0 Å². The molecule has 5 heteroatoms. The normalized spacial score (nSPS) is 10.5. The maximum atomic E-state index is 13.2. The summed E-state index contributed by atoms with van der Waals surface area (Å²) in [5.74, 6) is 0.228. The van der Waals surface area contributed by atoms with Crippen LogP contribution in [0.2, 0.25) is 0 Å². The summed E-state index contributed by atoms with van der Waals surface area (Å²) >= 11 is 0. The number of aryl methyl sites for hydroxylation is 2. The predicted octanol–water partition coefficient (Wildman–Crippen LogP) is 3.18. The second kappa shape index (κ2) is 5.73. The van der Waals surface area contributed by atoms with Crippen molar-refractivity contribution in [3.63, 3.8) is 0 Å². The molecule has 2 aromatic rings. The maximum Gasteiger partial charge on any atom is 0.145 e. The van der Waals surface area contributed by atoms with E-state index in [0.29, 0.717) is 18.9 Å². The van der Waals surface area contributed by atoms with Crippen LogP contribution < -0.4 is 10.1 Å². The van der Waals surface area contributed by atoms with Crippen LogP contribution in [0.25, 0.3) is 0 Å². The molecule has 0 unspecified atom stereocenters. The lowest BCUT2D eigenvalue weighted by molar-refractivity contribution is 0.339. The summed E-state index contributed by atoms with van der Waals surface area (Å²) in [6.07, 6.45) is 0. The first-order valence-corrected chi connectivity index (χ1v) is 6.28. The van der Waals surface area contributed by atoms with E-state index in [-0.39, 0.29) is 5.82 Å². The van der Waals surface area contributed by atoms with Crippen LogP contribution in [0, 0.1) is 19.7 Å². The van der Waals surface area contributed by atoms with Crippen molar-refractivity contribution in [1.82, 2.24) is 10.2 Å². The summed E-state index contributed by atoms with van der Waals surface area (Å²) in [6, 6.07) is 4.49. The fraction of sp³-hybridized carbons (Fsp3) is 0.357. The van der Waals surface area contributed by atoms with Gasteiger partial charge in [-0.2, -0.15) is 5.10 Å². The number of hydrogen-bond donors (Lipinski definition) is 2. The summed E-state index contributed by atoms with van der Waals surface area (Å²) < 4.78 is 18.6. The molecule has 102 valence electrons.